The maximum atomic E-state index is 11.2. The molecule has 0 amide bonds. The van der Waals surface area contributed by atoms with Crippen LogP contribution in [0.3, 0.4) is 0 Å². The maximum Gasteiger partial charge on any atom is 0.305 e. The molecule has 1 heterocycles. The molecule has 0 aromatic heterocycles. The molecule has 26 heavy (non-hydrogen) atoms. The third-order valence-corrected chi connectivity index (χ3v) is 5.89. The molecule has 5 heteroatoms. The van der Waals surface area contributed by atoms with Gasteiger partial charge in [0, 0.05) is 12.3 Å². The van der Waals surface area contributed by atoms with Crippen LogP contribution in [0.1, 0.15) is 45.1 Å². The van der Waals surface area contributed by atoms with Crippen molar-refractivity contribution in [3.63, 3.8) is 0 Å². The smallest absolute Gasteiger partial charge is 0.305 e. The van der Waals surface area contributed by atoms with Crippen molar-refractivity contribution in [2.45, 2.75) is 70.6 Å². The monoisotopic (exact) mass is 362 g/mol. The third kappa shape index (κ3) is 5.06. The van der Waals surface area contributed by atoms with Crippen LogP contribution in [0.4, 0.5) is 0 Å². The fraction of sp³-hybridized carbons (Fsp3) is 0.667. The SMILES string of the molecule is C[C@@H]1[C@@H](OCc2ccccc2)C[C@@H](C[C@H](O)[C@@H]2C[C@H]2C)O[C@H]1CC(=O)O. The number of carboxylic acid groups (broad SMARTS) is 1. The number of hydrogen-bond donors (Lipinski definition) is 2. The quantitative estimate of drug-likeness (QED) is 0.742. The van der Waals surface area contributed by atoms with Crippen LogP contribution in [0.15, 0.2) is 30.3 Å². The van der Waals surface area contributed by atoms with E-state index in [0.29, 0.717) is 31.3 Å². The number of rotatable bonds is 8. The van der Waals surface area contributed by atoms with Gasteiger partial charge in [0.2, 0.25) is 0 Å². The predicted molar refractivity (Wildman–Crippen MR) is 97.6 cm³/mol. The van der Waals surface area contributed by atoms with E-state index in [9.17, 15) is 15.0 Å². The Morgan fingerprint density at radius 1 is 1.27 bits per heavy atom. The summed E-state index contributed by atoms with van der Waals surface area (Å²) in [5.41, 5.74) is 1.10. The van der Waals surface area contributed by atoms with Gasteiger partial charge < -0.3 is 19.7 Å². The van der Waals surface area contributed by atoms with Crippen LogP contribution >= 0.6 is 0 Å². The van der Waals surface area contributed by atoms with Gasteiger partial charge in [-0.2, -0.15) is 0 Å². The van der Waals surface area contributed by atoms with E-state index in [0.717, 1.165) is 12.0 Å². The van der Waals surface area contributed by atoms with Crippen LogP contribution in [0, 0.1) is 17.8 Å². The Bertz CT molecular complexity index is 589. The fourth-order valence-corrected chi connectivity index (χ4v) is 4.03. The maximum absolute atomic E-state index is 11.2. The molecule has 3 rings (SSSR count). The van der Waals surface area contributed by atoms with Crippen molar-refractivity contribution in [2.75, 3.05) is 0 Å². The predicted octanol–water partition coefficient (Wildman–Crippen LogP) is 3.25. The normalized spacial score (nSPS) is 35.0. The Labute approximate surface area is 155 Å². The molecule has 0 radical (unpaired) electrons. The van der Waals surface area contributed by atoms with E-state index in [2.05, 4.69) is 6.92 Å². The number of aliphatic hydroxyl groups is 1. The molecule has 7 atom stereocenters. The second-order valence-electron chi connectivity index (χ2n) is 8.00. The van der Waals surface area contributed by atoms with Crippen molar-refractivity contribution >= 4 is 5.97 Å². The zero-order chi connectivity index (χ0) is 18.7. The summed E-state index contributed by atoms with van der Waals surface area (Å²) in [7, 11) is 0. The van der Waals surface area contributed by atoms with Gasteiger partial charge in [0.25, 0.3) is 0 Å². The fourth-order valence-electron chi connectivity index (χ4n) is 4.03. The Kier molecular flexibility index (Phi) is 6.33. The van der Waals surface area contributed by atoms with Crippen molar-refractivity contribution < 1.29 is 24.5 Å². The zero-order valence-electron chi connectivity index (χ0n) is 15.6. The molecule has 2 fully saturated rings. The van der Waals surface area contributed by atoms with Crippen molar-refractivity contribution in [3.8, 4) is 0 Å². The number of ether oxygens (including phenoxy) is 2. The highest BCUT2D eigenvalue weighted by molar-refractivity contribution is 5.67. The van der Waals surface area contributed by atoms with Gasteiger partial charge in [-0.25, -0.2) is 0 Å². The number of aliphatic carboxylic acids is 1. The molecule has 1 aromatic rings. The van der Waals surface area contributed by atoms with Gasteiger partial charge in [0.15, 0.2) is 0 Å². The van der Waals surface area contributed by atoms with E-state index in [1.165, 1.54) is 0 Å². The van der Waals surface area contributed by atoms with Crippen molar-refractivity contribution in [2.24, 2.45) is 17.8 Å². The van der Waals surface area contributed by atoms with E-state index < -0.39 is 5.97 Å². The second kappa shape index (κ2) is 8.51. The zero-order valence-corrected chi connectivity index (χ0v) is 15.6. The van der Waals surface area contributed by atoms with Crippen LogP contribution in [0.5, 0.6) is 0 Å². The molecule has 0 bridgehead atoms. The lowest BCUT2D eigenvalue weighted by Gasteiger charge is -2.40. The highest BCUT2D eigenvalue weighted by Gasteiger charge is 2.43. The highest BCUT2D eigenvalue weighted by Crippen LogP contribution is 2.43. The van der Waals surface area contributed by atoms with Crippen molar-refractivity contribution in [3.05, 3.63) is 35.9 Å². The molecular weight excluding hydrogens is 332 g/mol. The van der Waals surface area contributed by atoms with Gasteiger partial charge in [0.05, 0.1) is 37.4 Å². The number of carbonyl (C=O) groups is 1. The molecule has 0 spiro atoms. The minimum Gasteiger partial charge on any atom is -0.481 e. The molecule has 144 valence electrons. The van der Waals surface area contributed by atoms with Gasteiger partial charge in [-0.1, -0.05) is 44.2 Å². The minimum atomic E-state index is -0.860. The second-order valence-corrected chi connectivity index (χ2v) is 8.00. The van der Waals surface area contributed by atoms with Gasteiger partial charge in [-0.15, -0.1) is 0 Å². The summed E-state index contributed by atoms with van der Waals surface area (Å²) in [4.78, 5) is 11.2. The van der Waals surface area contributed by atoms with Crippen LogP contribution in [-0.2, 0) is 20.9 Å². The summed E-state index contributed by atoms with van der Waals surface area (Å²) in [6.45, 7) is 4.65. The summed E-state index contributed by atoms with van der Waals surface area (Å²) in [6.07, 6.45) is 1.32. The van der Waals surface area contributed by atoms with Crippen LogP contribution in [0.25, 0.3) is 0 Å². The van der Waals surface area contributed by atoms with Gasteiger partial charge in [-0.05, 0) is 30.2 Å². The van der Waals surface area contributed by atoms with Crippen molar-refractivity contribution in [1.82, 2.24) is 0 Å². The number of carboxylic acids is 1. The first kappa shape index (κ1) is 19.3. The van der Waals surface area contributed by atoms with Crippen LogP contribution in [0.2, 0.25) is 0 Å². The van der Waals surface area contributed by atoms with Crippen molar-refractivity contribution in [1.29, 1.82) is 0 Å². The first-order valence-corrected chi connectivity index (χ1v) is 9.65. The van der Waals surface area contributed by atoms with E-state index in [4.69, 9.17) is 9.47 Å². The summed E-state index contributed by atoms with van der Waals surface area (Å²) < 4.78 is 12.2. The third-order valence-electron chi connectivity index (χ3n) is 5.89. The lowest BCUT2D eigenvalue weighted by molar-refractivity contribution is -0.171. The van der Waals surface area contributed by atoms with Crippen LogP contribution in [-0.4, -0.2) is 40.6 Å². The topological polar surface area (TPSA) is 76.0 Å². The van der Waals surface area contributed by atoms with Gasteiger partial charge in [-0.3, -0.25) is 4.79 Å². The molecule has 5 nitrogen and oxygen atoms in total. The first-order chi connectivity index (χ1) is 12.4. The number of aliphatic hydroxyl groups excluding tert-OH is 1. The van der Waals surface area contributed by atoms with E-state index in [1.807, 2.05) is 37.3 Å². The summed E-state index contributed by atoms with van der Waals surface area (Å²) in [6, 6.07) is 9.98. The first-order valence-electron chi connectivity index (χ1n) is 9.65. The van der Waals surface area contributed by atoms with E-state index in [-0.39, 0.29) is 36.8 Å². The largest absolute Gasteiger partial charge is 0.481 e. The molecule has 2 N–H and O–H groups in total. The molecule has 1 aliphatic heterocycles. The van der Waals surface area contributed by atoms with E-state index >= 15 is 0 Å². The van der Waals surface area contributed by atoms with Gasteiger partial charge >= 0.3 is 5.97 Å². The summed E-state index contributed by atoms with van der Waals surface area (Å²) >= 11 is 0. The number of hydrogen-bond acceptors (Lipinski definition) is 4. The average molecular weight is 362 g/mol. The Morgan fingerprint density at radius 2 is 1.96 bits per heavy atom. The Hall–Kier alpha value is -1.43. The lowest BCUT2D eigenvalue weighted by Crippen LogP contribution is -2.46. The Morgan fingerprint density at radius 3 is 2.58 bits per heavy atom. The molecule has 0 unspecified atom stereocenters. The lowest BCUT2D eigenvalue weighted by atomic mass is 9.86. The Balaban J connectivity index is 1.62. The molecule has 1 saturated heterocycles. The minimum absolute atomic E-state index is 0.00283. The average Bonchev–Trinajstić information content (AvgIpc) is 3.34. The summed E-state index contributed by atoms with van der Waals surface area (Å²) in [5.74, 6) is 0.0794. The molecule has 1 aliphatic carbocycles. The number of benzene rings is 1. The van der Waals surface area contributed by atoms with Gasteiger partial charge in [0.1, 0.15) is 0 Å². The molecule has 1 saturated carbocycles. The molecule has 2 aliphatic rings. The standard InChI is InChI=1S/C21H30O5/c1-13-8-17(13)18(22)9-16-10-19(14(2)20(26-16)11-21(23)24)25-12-15-6-4-3-5-7-15/h3-7,13-14,16-20,22H,8-12H2,1-2H3,(H,23,24)/t13-,14-,16-,17-,18+,19+,20+/m1/s1. The molecular formula is C21H30O5. The van der Waals surface area contributed by atoms with Crippen LogP contribution < -0.4 is 0 Å². The molecule has 1 aromatic carbocycles. The summed E-state index contributed by atoms with van der Waals surface area (Å²) in [5, 5.41) is 19.6. The van der Waals surface area contributed by atoms with E-state index in [1.54, 1.807) is 0 Å². The highest BCUT2D eigenvalue weighted by atomic mass is 16.5.